The predicted octanol–water partition coefficient (Wildman–Crippen LogP) is 1.37. The first-order valence-corrected chi connectivity index (χ1v) is 4.96. The molecule has 16 heavy (non-hydrogen) atoms. The van der Waals surface area contributed by atoms with Crippen LogP contribution in [0.3, 0.4) is 0 Å². The summed E-state index contributed by atoms with van der Waals surface area (Å²) in [4.78, 5) is 12.1. The number of aryl methyl sites for hydroxylation is 1. The van der Waals surface area contributed by atoms with Gasteiger partial charge in [0.1, 0.15) is 11.6 Å². The van der Waals surface area contributed by atoms with E-state index in [9.17, 15) is 0 Å². The van der Waals surface area contributed by atoms with Gasteiger partial charge in [-0.05, 0) is 24.1 Å². The third-order valence-electron chi connectivity index (χ3n) is 2.26. The molecule has 82 valence electrons. The number of anilines is 2. The summed E-state index contributed by atoms with van der Waals surface area (Å²) >= 11 is 0. The van der Waals surface area contributed by atoms with Crippen LogP contribution in [0.4, 0.5) is 11.6 Å². The largest absolute Gasteiger partial charge is 0.382 e. The lowest BCUT2D eigenvalue weighted by atomic mass is 10.2. The van der Waals surface area contributed by atoms with E-state index in [1.54, 1.807) is 12.4 Å². The van der Waals surface area contributed by atoms with Crippen LogP contribution in [0.15, 0.2) is 30.9 Å². The lowest BCUT2D eigenvalue weighted by molar-refractivity contribution is 1.05. The Morgan fingerprint density at radius 1 is 1.25 bits per heavy atom. The molecule has 3 N–H and O–H groups in total. The van der Waals surface area contributed by atoms with E-state index in [0.29, 0.717) is 18.2 Å². The fourth-order valence-corrected chi connectivity index (χ4v) is 1.33. The maximum absolute atomic E-state index is 5.53. The van der Waals surface area contributed by atoms with Crippen LogP contribution in [0.25, 0.3) is 0 Å². The van der Waals surface area contributed by atoms with E-state index < -0.39 is 0 Å². The molecular formula is C11H13N5. The molecule has 0 saturated carbocycles. The molecule has 0 unspecified atom stereocenters. The lowest BCUT2D eigenvalue weighted by Gasteiger charge is -2.07. The van der Waals surface area contributed by atoms with Crippen molar-refractivity contribution in [1.29, 1.82) is 0 Å². The molecule has 0 saturated heterocycles. The van der Waals surface area contributed by atoms with Gasteiger partial charge in [-0.2, -0.15) is 0 Å². The van der Waals surface area contributed by atoms with Gasteiger partial charge in [-0.15, -0.1) is 0 Å². The summed E-state index contributed by atoms with van der Waals surface area (Å²) in [6.07, 6.45) is 6.77. The molecule has 2 aromatic rings. The molecule has 2 rings (SSSR count). The van der Waals surface area contributed by atoms with Crippen molar-refractivity contribution in [2.24, 2.45) is 0 Å². The van der Waals surface area contributed by atoms with Crippen LogP contribution in [0.5, 0.6) is 0 Å². The number of nitrogens with zero attached hydrogens (tertiary/aromatic N) is 3. The molecule has 0 spiro atoms. The van der Waals surface area contributed by atoms with Gasteiger partial charge in [-0.1, -0.05) is 0 Å². The number of rotatable bonds is 3. The van der Waals surface area contributed by atoms with E-state index >= 15 is 0 Å². The number of nitrogens with one attached hydrogen (secondary N) is 1. The maximum atomic E-state index is 5.53. The van der Waals surface area contributed by atoms with Crippen LogP contribution in [0.1, 0.15) is 11.1 Å². The molecule has 0 aliphatic rings. The minimum Gasteiger partial charge on any atom is -0.382 e. The van der Waals surface area contributed by atoms with Crippen molar-refractivity contribution in [3.05, 3.63) is 42.0 Å². The van der Waals surface area contributed by atoms with E-state index in [-0.39, 0.29) is 0 Å². The van der Waals surface area contributed by atoms with Gasteiger partial charge in [0.15, 0.2) is 0 Å². The van der Waals surface area contributed by atoms with Gasteiger partial charge in [0, 0.05) is 18.9 Å². The molecule has 0 bridgehead atoms. The number of nitrogens with two attached hydrogens (primary N) is 1. The zero-order valence-corrected chi connectivity index (χ0v) is 9.01. The Labute approximate surface area is 93.8 Å². The van der Waals surface area contributed by atoms with E-state index in [1.165, 1.54) is 11.8 Å². The zero-order valence-electron chi connectivity index (χ0n) is 9.01. The monoisotopic (exact) mass is 215 g/mol. The van der Waals surface area contributed by atoms with Crippen LogP contribution in [-0.4, -0.2) is 15.0 Å². The van der Waals surface area contributed by atoms with Crippen LogP contribution >= 0.6 is 0 Å². The van der Waals surface area contributed by atoms with Crippen LogP contribution < -0.4 is 11.1 Å². The first-order chi connectivity index (χ1) is 7.75. The van der Waals surface area contributed by atoms with Gasteiger partial charge in [0.2, 0.25) is 0 Å². The van der Waals surface area contributed by atoms with Gasteiger partial charge in [-0.25, -0.2) is 4.98 Å². The van der Waals surface area contributed by atoms with E-state index in [0.717, 1.165) is 5.56 Å². The van der Waals surface area contributed by atoms with Crippen LogP contribution in [0.2, 0.25) is 0 Å². The molecule has 0 aromatic carbocycles. The van der Waals surface area contributed by atoms with Gasteiger partial charge in [0.25, 0.3) is 0 Å². The van der Waals surface area contributed by atoms with Gasteiger partial charge in [0.05, 0.1) is 12.4 Å². The number of hydrogen-bond donors (Lipinski definition) is 2. The van der Waals surface area contributed by atoms with Crippen molar-refractivity contribution in [3.63, 3.8) is 0 Å². The molecule has 0 aliphatic carbocycles. The standard InChI is InChI=1S/C11H13N5/c1-8-2-3-13-4-9(8)5-15-11-7-14-6-10(12)16-11/h2-4,6-7H,5H2,1H3,(H3,12,15,16). The zero-order chi connectivity index (χ0) is 11.4. The summed E-state index contributed by atoms with van der Waals surface area (Å²) in [6, 6.07) is 1.97. The predicted molar refractivity (Wildman–Crippen MR) is 62.7 cm³/mol. The summed E-state index contributed by atoms with van der Waals surface area (Å²) in [6.45, 7) is 2.71. The lowest BCUT2D eigenvalue weighted by Crippen LogP contribution is -2.04. The first kappa shape index (κ1) is 10.4. The minimum atomic E-state index is 0.410. The van der Waals surface area contributed by atoms with Crippen molar-refractivity contribution >= 4 is 11.6 Å². The highest BCUT2D eigenvalue weighted by Crippen LogP contribution is 2.09. The number of pyridine rings is 1. The summed E-state index contributed by atoms with van der Waals surface area (Å²) in [5, 5.41) is 3.15. The molecule has 0 fully saturated rings. The van der Waals surface area contributed by atoms with Crippen LogP contribution in [-0.2, 0) is 6.54 Å². The minimum absolute atomic E-state index is 0.410. The van der Waals surface area contributed by atoms with Crippen molar-refractivity contribution in [3.8, 4) is 0 Å². The Balaban J connectivity index is 2.05. The van der Waals surface area contributed by atoms with E-state index in [1.807, 2.05) is 19.2 Å². The molecule has 5 nitrogen and oxygen atoms in total. The Hall–Kier alpha value is -2.17. The molecule has 5 heteroatoms. The second-order valence-corrected chi connectivity index (χ2v) is 3.48. The molecule has 2 heterocycles. The third kappa shape index (κ3) is 2.44. The highest BCUT2D eigenvalue weighted by molar-refractivity contribution is 5.39. The van der Waals surface area contributed by atoms with Crippen molar-refractivity contribution < 1.29 is 0 Å². The molecule has 0 amide bonds. The molecular weight excluding hydrogens is 202 g/mol. The second-order valence-electron chi connectivity index (χ2n) is 3.48. The SMILES string of the molecule is Cc1ccncc1CNc1cncc(N)n1. The Morgan fingerprint density at radius 2 is 2.12 bits per heavy atom. The second kappa shape index (κ2) is 4.57. The smallest absolute Gasteiger partial charge is 0.147 e. The Bertz CT molecular complexity index is 483. The number of hydrogen-bond acceptors (Lipinski definition) is 5. The number of aromatic nitrogens is 3. The Morgan fingerprint density at radius 3 is 2.88 bits per heavy atom. The summed E-state index contributed by atoms with van der Waals surface area (Å²) < 4.78 is 0. The average Bonchev–Trinajstić information content (AvgIpc) is 2.28. The van der Waals surface area contributed by atoms with Crippen molar-refractivity contribution in [1.82, 2.24) is 15.0 Å². The fourth-order valence-electron chi connectivity index (χ4n) is 1.33. The highest BCUT2D eigenvalue weighted by Gasteiger charge is 1.99. The van der Waals surface area contributed by atoms with Crippen molar-refractivity contribution in [2.75, 3.05) is 11.1 Å². The maximum Gasteiger partial charge on any atom is 0.147 e. The van der Waals surface area contributed by atoms with Crippen LogP contribution in [0, 0.1) is 6.92 Å². The molecule has 0 radical (unpaired) electrons. The van der Waals surface area contributed by atoms with E-state index in [2.05, 4.69) is 20.3 Å². The number of nitrogen functional groups attached to an aromatic ring is 1. The van der Waals surface area contributed by atoms with Crippen molar-refractivity contribution in [2.45, 2.75) is 13.5 Å². The molecule has 2 aromatic heterocycles. The normalized spacial score (nSPS) is 10.1. The highest BCUT2D eigenvalue weighted by atomic mass is 15.0. The molecule has 0 atom stereocenters. The van der Waals surface area contributed by atoms with Gasteiger partial charge < -0.3 is 11.1 Å². The van der Waals surface area contributed by atoms with E-state index in [4.69, 9.17) is 5.73 Å². The van der Waals surface area contributed by atoms with Gasteiger partial charge >= 0.3 is 0 Å². The summed E-state index contributed by atoms with van der Waals surface area (Å²) in [5.41, 5.74) is 7.86. The topological polar surface area (TPSA) is 76.7 Å². The van der Waals surface area contributed by atoms with Gasteiger partial charge in [-0.3, -0.25) is 9.97 Å². The fraction of sp³-hybridized carbons (Fsp3) is 0.182. The average molecular weight is 215 g/mol. The summed E-state index contributed by atoms with van der Waals surface area (Å²) in [5.74, 6) is 1.08. The summed E-state index contributed by atoms with van der Waals surface area (Å²) in [7, 11) is 0. The Kier molecular flexibility index (Phi) is 2.95. The molecule has 0 aliphatic heterocycles. The first-order valence-electron chi connectivity index (χ1n) is 4.96. The third-order valence-corrected chi connectivity index (χ3v) is 2.26. The quantitative estimate of drug-likeness (QED) is 0.808.